The highest BCUT2D eigenvalue weighted by Crippen LogP contribution is 2.19. The van der Waals surface area contributed by atoms with E-state index in [0.29, 0.717) is 10.0 Å². The Hall–Kier alpha value is -1.49. The monoisotopic (exact) mass is 296 g/mol. The van der Waals surface area contributed by atoms with Crippen LogP contribution in [-0.4, -0.2) is 15.6 Å². The van der Waals surface area contributed by atoms with E-state index in [4.69, 9.17) is 0 Å². The topological polar surface area (TPSA) is 34.9 Å². The van der Waals surface area contributed by atoms with Gasteiger partial charge in [0.05, 0.1) is 6.20 Å². The molecule has 0 radical (unpaired) electrons. The van der Waals surface area contributed by atoms with Gasteiger partial charge in [-0.15, -0.1) is 0 Å². The SMILES string of the molecule is Cn1cc(CC(=O)c2ccc(F)cc2Br)cn1. The normalized spacial score (nSPS) is 10.5. The molecule has 0 amide bonds. The van der Waals surface area contributed by atoms with E-state index in [0.717, 1.165) is 5.56 Å². The summed E-state index contributed by atoms with van der Waals surface area (Å²) in [5, 5.41) is 3.99. The van der Waals surface area contributed by atoms with E-state index in [1.807, 2.05) is 0 Å². The summed E-state index contributed by atoms with van der Waals surface area (Å²) >= 11 is 3.18. The van der Waals surface area contributed by atoms with Crippen LogP contribution in [-0.2, 0) is 13.5 Å². The molecule has 17 heavy (non-hydrogen) atoms. The molecule has 1 aromatic carbocycles. The fraction of sp³-hybridized carbons (Fsp3) is 0.167. The number of carbonyl (C=O) groups excluding carboxylic acids is 1. The summed E-state index contributed by atoms with van der Waals surface area (Å²) in [6.45, 7) is 0. The van der Waals surface area contributed by atoms with Gasteiger partial charge in [0, 0.05) is 29.7 Å². The van der Waals surface area contributed by atoms with Crippen LogP contribution in [0, 0.1) is 5.82 Å². The molecular weight excluding hydrogens is 287 g/mol. The molecule has 88 valence electrons. The summed E-state index contributed by atoms with van der Waals surface area (Å²) in [7, 11) is 1.79. The van der Waals surface area contributed by atoms with E-state index in [9.17, 15) is 9.18 Å². The van der Waals surface area contributed by atoms with Crippen LogP contribution >= 0.6 is 15.9 Å². The van der Waals surface area contributed by atoms with Crippen LogP contribution in [0.15, 0.2) is 35.1 Å². The molecule has 0 spiro atoms. The lowest BCUT2D eigenvalue weighted by molar-refractivity contribution is 0.0992. The van der Waals surface area contributed by atoms with E-state index in [1.165, 1.54) is 18.2 Å². The number of Topliss-reactive ketones (excluding diaryl/α,β-unsaturated/α-hetero) is 1. The Morgan fingerprint density at radius 3 is 2.88 bits per heavy atom. The molecule has 0 aliphatic carbocycles. The maximum absolute atomic E-state index is 12.9. The van der Waals surface area contributed by atoms with Crippen LogP contribution in [0.25, 0.3) is 0 Å². The lowest BCUT2D eigenvalue weighted by Gasteiger charge is -2.02. The zero-order valence-corrected chi connectivity index (χ0v) is 10.7. The van der Waals surface area contributed by atoms with Gasteiger partial charge >= 0.3 is 0 Å². The van der Waals surface area contributed by atoms with Crippen molar-refractivity contribution < 1.29 is 9.18 Å². The first kappa shape index (κ1) is 12.0. The van der Waals surface area contributed by atoms with Gasteiger partial charge in [-0.2, -0.15) is 5.10 Å². The van der Waals surface area contributed by atoms with Crippen LogP contribution in [0.2, 0.25) is 0 Å². The number of aromatic nitrogens is 2. The van der Waals surface area contributed by atoms with Gasteiger partial charge in [-0.3, -0.25) is 9.48 Å². The van der Waals surface area contributed by atoms with Crippen LogP contribution in [0.4, 0.5) is 4.39 Å². The molecule has 3 nitrogen and oxygen atoms in total. The predicted octanol–water partition coefficient (Wildman–Crippen LogP) is 2.75. The third-order valence-electron chi connectivity index (χ3n) is 2.35. The molecule has 2 rings (SSSR count). The number of benzene rings is 1. The van der Waals surface area contributed by atoms with Crippen molar-refractivity contribution in [2.24, 2.45) is 7.05 Å². The highest BCUT2D eigenvalue weighted by atomic mass is 79.9. The Kier molecular flexibility index (Phi) is 3.38. The Bertz CT molecular complexity index is 565. The molecule has 0 saturated heterocycles. The number of carbonyl (C=O) groups is 1. The van der Waals surface area contributed by atoms with Crippen LogP contribution in [0.3, 0.4) is 0 Å². The summed E-state index contributed by atoms with van der Waals surface area (Å²) in [5.74, 6) is -0.431. The van der Waals surface area contributed by atoms with Gasteiger partial charge in [-0.25, -0.2) is 4.39 Å². The maximum Gasteiger partial charge on any atom is 0.168 e. The molecule has 0 fully saturated rings. The fourth-order valence-corrected chi connectivity index (χ4v) is 2.13. The minimum Gasteiger partial charge on any atom is -0.294 e. The molecule has 0 bridgehead atoms. The Labute approximate surface area is 106 Å². The van der Waals surface area contributed by atoms with Crippen molar-refractivity contribution in [2.75, 3.05) is 0 Å². The number of hydrogen-bond donors (Lipinski definition) is 0. The summed E-state index contributed by atoms with van der Waals surface area (Å²) in [6, 6.07) is 4.05. The molecule has 2 aromatic rings. The summed E-state index contributed by atoms with van der Waals surface area (Å²) < 4.78 is 15.0. The van der Waals surface area contributed by atoms with Crippen molar-refractivity contribution >= 4 is 21.7 Å². The van der Waals surface area contributed by atoms with Crippen molar-refractivity contribution in [1.82, 2.24) is 9.78 Å². The van der Waals surface area contributed by atoms with E-state index in [1.54, 1.807) is 24.1 Å². The van der Waals surface area contributed by atoms with Gasteiger partial charge < -0.3 is 0 Å². The Morgan fingerprint density at radius 1 is 1.53 bits per heavy atom. The third kappa shape index (κ3) is 2.79. The lowest BCUT2D eigenvalue weighted by atomic mass is 10.1. The van der Waals surface area contributed by atoms with Gasteiger partial charge in [0.1, 0.15) is 5.82 Å². The number of aryl methyl sites for hydroxylation is 1. The minimum absolute atomic E-state index is 0.0649. The first-order chi connectivity index (χ1) is 8.06. The standard InChI is InChI=1S/C12H10BrFN2O/c1-16-7-8(6-15-16)4-12(17)10-3-2-9(14)5-11(10)13/h2-3,5-7H,4H2,1H3. The average Bonchev–Trinajstić information content (AvgIpc) is 2.63. The molecule has 0 unspecified atom stereocenters. The average molecular weight is 297 g/mol. The van der Waals surface area contributed by atoms with E-state index >= 15 is 0 Å². The van der Waals surface area contributed by atoms with Crippen LogP contribution < -0.4 is 0 Å². The van der Waals surface area contributed by atoms with Crippen molar-refractivity contribution in [3.05, 3.63) is 52.0 Å². The van der Waals surface area contributed by atoms with E-state index in [-0.39, 0.29) is 18.0 Å². The lowest BCUT2D eigenvalue weighted by Crippen LogP contribution is -2.04. The number of halogens is 2. The third-order valence-corrected chi connectivity index (χ3v) is 3.01. The molecular formula is C12H10BrFN2O. The maximum atomic E-state index is 12.9. The van der Waals surface area contributed by atoms with Crippen LogP contribution in [0.5, 0.6) is 0 Å². The molecule has 0 atom stereocenters. The summed E-state index contributed by atoms with van der Waals surface area (Å²) in [6.07, 6.45) is 3.70. The van der Waals surface area contributed by atoms with Gasteiger partial charge in [-0.05, 0) is 39.7 Å². The van der Waals surface area contributed by atoms with Gasteiger partial charge in [0.15, 0.2) is 5.78 Å². The smallest absolute Gasteiger partial charge is 0.168 e. The second-order valence-corrected chi connectivity index (χ2v) is 4.60. The molecule has 0 aliphatic heterocycles. The first-order valence-corrected chi connectivity index (χ1v) is 5.81. The number of nitrogens with zero attached hydrogens (tertiary/aromatic N) is 2. The van der Waals surface area contributed by atoms with Crippen molar-refractivity contribution in [3.63, 3.8) is 0 Å². The second kappa shape index (κ2) is 4.79. The molecule has 0 saturated carbocycles. The number of rotatable bonds is 3. The van der Waals surface area contributed by atoms with Crippen molar-refractivity contribution in [2.45, 2.75) is 6.42 Å². The zero-order valence-electron chi connectivity index (χ0n) is 9.15. The predicted molar refractivity (Wildman–Crippen MR) is 65.3 cm³/mol. The highest BCUT2D eigenvalue weighted by molar-refractivity contribution is 9.10. The minimum atomic E-state index is -0.366. The highest BCUT2D eigenvalue weighted by Gasteiger charge is 2.12. The zero-order chi connectivity index (χ0) is 12.4. The molecule has 1 heterocycles. The quantitative estimate of drug-likeness (QED) is 0.817. The molecule has 5 heteroatoms. The van der Waals surface area contributed by atoms with Gasteiger partial charge in [0.25, 0.3) is 0 Å². The number of hydrogen-bond acceptors (Lipinski definition) is 2. The number of ketones is 1. The van der Waals surface area contributed by atoms with Crippen molar-refractivity contribution in [1.29, 1.82) is 0 Å². The Balaban J connectivity index is 2.20. The molecule has 1 aromatic heterocycles. The summed E-state index contributed by atoms with van der Waals surface area (Å²) in [4.78, 5) is 12.0. The van der Waals surface area contributed by atoms with Gasteiger partial charge in [-0.1, -0.05) is 0 Å². The van der Waals surface area contributed by atoms with Gasteiger partial charge in [0.2, 0.25) is 0 Å². The van der Waals surface area contributed by atoms with Crippen LogP contribution in [0.1, 0.15) is 15.9 Å². The van der Waals surface area contributed by atoms with E-state index < -0.39 is 0 Å². The largest absolute Gasteiger partial charge is 0.294 e. The van der Waals surface area contributed by atoms with E-state index in [2.05, 4.69) is 21.0 Å². The molecule has 0 N–H and O–H groups in total. The van der Waals surface area contributed by atoms with Crippen molar-refractivity contribution in [3.8, 4) is 0 Å². The summed E-state index contributed by atoms with van der Waals surface area (Å²) in [5.41, 5.74) is 1.32. The fourth-order valence-electron chi connectivity index (χ4n) is 1.56. The second-order valence-electron chi connectivity index (χ2n) is 3.75. The Morgan fingerprint density at radius 2 is 2.29 bits per heavy atom. The first-order valence-electron chi connectivity index (χ1n) is 5.02. The molecule has 0 aliphatic rings.